The maximum absolute atomic E-state index is 13.2. The maximum Gasteiger partial charge on any atom is 0.344 e. The molecule has 1 aliphatic heterocycles. The normalized spacial score (nSPS) is 28.9. The van der Waals surface area contributed by atoms with Crippen LogP contribution in [-0.2, 0) is 23.8 Å². The van der Waals surface area contributed by atoms with Crippen molar-refractivity contribution in [2.45, 2.75) is 45.6 Å². The van der Waals surface area contributed by atoms with Crippen LogP contribution in [0.25, 0.3) is 0 Å². The summed E-state index contributed by atoms with van der Waals surface area (Å²) >= 11 is 0. The van der Waals surface area contributed by atoms with E-state index in [1.54, 1.807) is 36.5 Å². The molecule has 0 spiro atoms. The molecule has 8 heteroatoms. The number of esters is 3. The molecule has 8 nitrogen and oxygen atoms in total. The van der Waals surface area contributed by atoms with Gasteiger partial charge in [0.05, 0.1) is 11.1 Å². The topological polar surface area (TPSA) is 101 Å². The Balaban J connectivity index is 1.39. The zero-order valence-corrected chi connectivity index (χ0v) is 24.1. The second kappa shape index (κ2) is 12.3. The van der Waals surface area contributed by atoms with Crippen LogP contribution < -0.4 is 4.74 Å². The summed E-state index contributed by atoms with van der Waals surface area (Å²) in [6, 6.07) is 12.5. The Morgan fingerprint density at radius 3 is 2.67 bits per heavy atom. The average molecular weight is 572 g/mol. The molecule has 2 heterocycles. The minimum Gasteiger partial charge on any atom is -0.482 e. The number of carbonyl (C=O) groups excluding carboxylic acids is 3. The Morgan fingerprint density at radius 2 is 1.95 bits per heavy atom. The lowest BCUT2D eigenvalue weighted by Crippen LogP contribution is -2.58. The van der Waals surface area contributed by atoms with Gasteiger partial charge in [-0.3, -0.25) is 4.98 Å². The molecule has 5 atom stereocenters. The minimum absolute atomic E-state index is 0.0167. The van der Waals surface area contributed by atoms with Crippen LogP contribution in [0.4, 0.5) is 0 Å². The quantitative estimate of drug-likeness (QED) is 0.216. The van der Waals surface area contributed by atoms with Crippen molar-refractivity contribution in [1.29, 1.82) is 0 Å². The molecule has 2 saturated carbocycles. The van der Waals surface area contributed by atoms with Crippen LogP contribution in [0.1, 0.15) is 49.9 Å². The van der Waals surface area contributed by atoms with Crippen LogP contribution >= 0.6 is 0 Å². The van der Waals surface area contributed by atoms with Gasteiger partial charge >= 0.3 is 17.9 Å². The number of benzene rings is 1. The number of pyridine rings is 1. The predicted octanol–water partition coefficient (Wildman–Crippen LogP) is 5.66. The second-order valence-corrected chi connectivity index (χ2v) is 11.8. The molecule has 42 heavy (non-hydrogen) atoms. The highest BCUT2D eigenvalue weighted by Crippen LogP contribution is 2.62. The molecular formula is C34H37NO7. The summed E-state index contributed by atoms with van der Waals surface area (Å²) in [7, 11) is 0. The molecule has 220 valence electrons. The van der Waals surface area contributed by atoms with Crippen LogP contribution in [0.15, 0.2) is 90.8 Å². The lowest BCUT2D eigenvalue weighted by Gasteiger charge is -2.59. The fourth-order valence-corrected chi connectivity index (χ4v) is 6.98. The molecule has 2 aromatic rings. The molecule has 0 radical (unpaired) electrons. The van der Waals surface area contributed by atoms with Gasteiger partial charge in [-0.25, -0.2) is 14.4 Å². The third-order valence-corrected chi connectivity index (χ3v) is 9.19. The summed E-state index contributed by atoms with van der Waals surface area (Å²) < 4.78 is 22.7. The van der Waals surface area contributed by atoms with E-state index < -0.39 is 23.5 Å². The van der Waals surface area contributed by atoms with Gasteiger partial charge in [-0.2, -0.15) is 0 Å². The van der Waals surface area contributed by atoms with E-state index in [4.69, 9.17) is 18.9 Å². The summed E-state index contributed by atoms with van der Waals surface area (Å²) in [6.45, 7) is 8.80. The van der Waals surface area contributed by atoms with Gasteiger partial charge in [-0.1, -0.05) is 56.4 Å². The molecule has 0 N–H and O–H groups in total. The van der Waals surface area contributed by atoms with Crippen molar-refractivity contribution in [2.75, 3.05) is 19.8 Å². The van der Waals surface area contributed by atoms with Crippen LogP contribution in [0, 0.1) is 22.7 Å². The Labute approximate surface area is 246 Å². The number of rotatable bonds is 9. The summed E-state index contributed by atoms with van der Waals surface area (Å²) in [5.74, 6) is -0.682. The standard InChI is InChI=1S/C34H37NO7/c1-23-11-14-28-33(2,27(23)13-12-24-16-19-39-31(24)37)17-15-29(42-32(38)25-8-7-18-35-20-25)34(28,3)22-41-30(36)21-40-26-9-5-4-6-10-26/h4-10,12-13,16,18,20,27-29H,1,11,14-15,17,19,21-22H2,2-3H3/b13-12+/t27-,28+,29-,33+,34+/m1/s1. The number of ether oxygens (including phenoxy) is 4. The lowest BCUT2D eigenvalue weighted by molar-refractivity contribution is -0.174. The van der Waals surface area contributed by atoms with Crippen molar-refractivity contribution in [3.05, 3.63) is 96.4 Å². The number of hydrogen-bond acceptors (Lipinski definition) is 8. The molecule has 0 unspecified atom stereocenters. The fourth-order valence-electron chi connectivity index (χ4n) is 6.98. The van der Waals surface area contributed by atoms with E-state index in [1.807, 2.05) is 31.2 Å². The zero-order valence-electron chi connectivity index (χ0n) is 24.1. The first-order valence-corrected chi connectivity index (χ1v) is 14.4. The van der Waals surface area contributed by atoms with Crippen molar-refractivity contribution in [3.8, 4) is 5.75 Å². The Kier molecular flexibility index (Phi) is 8.61. The van der Waals surface area contributed by atoms with Gasteiger partial charge in [0.15, 0.2) is 6.61 Å². The Bertz CT molecular complexity index is 1390. The largest absolute Gasteiger partial charge is 0.482 e. The average Bonchev–Trinajstić information content (AvgIpc) is 3.41. The van der Waals surface area contributed by atoms with E-state index in [1.165, 1.54) is 6.20 Å². The summed E-state index contributed by atoms with van der Waals surface area (Å²) in [4.78, 5) is 42.1. The van der Waals surface area contributed by atoms with Crippen molar-refractivity contribution in [1.82, 2.24) is 4.98 Å². The summed E-state index contributed by atoms with van der Waals surface area (Å²) in [5.41, 5.74) is 1.05. The number of para-hydroxylation sites is 1. The predicted molar refractivity (Wildman–Crippen MR) is 155 cm³/mol. The van der Waals surface area contributed by atoms with Crippen LogP contribution in [0.3, 0.4) is 0 Å². The van der Waals surface area contributed by atoms with Gasteiger partial charge in [0.1, 0.15) is 25.1 Å². The highest BCUT2D eigenvalue weighted by Gasteiger charge is 2.59. The van der Waals surface area contributed by atoms with Crippen molar-refractivity contribution in [2.24, 2.45) is 22.7 Å². The fraction of sp³-hybridized carbons (Fsp3) is 0.412. The molecule has 1 aromatic heterocycles. The minimum atomic E-state index is -0.689. The molecule has 0 amide bonds. The number of nitrogens with zero attached hydrogens (tertiary/aromatic N) is 1. The van der Waals surface area contributed by atoms with Gasteiger partial charge in [-0.15, -0.1) is 0 Å². The monoisotopic (exact) mass is 571 g/mol. The van der Waals surface area contributed by atoms with Crippen LogP contribution in [0.5, 0.6) is 5.75 Å². The van der Waals surface area contributed by atoms with Gasteiger partial charge in [-0.05, 0) is 67.4 Å². The molecule has 2 aliphatic carbocycles. The van der Waals surface area contributed by atoms with Gasteiger partial charge in [0, 0.05) is 23.7 Å². The highest BCUT2D eigenvalue weighted by atomic mass is 16.6. The number of allylic oxidation sites excluding steroid dienone is 2. The van der Waals surface area contributed by atoms with Crippen molar-refractivity contribution >= 4 is 17.9 Å². The number of aromatic nitrogens is 1. The summed E-state index contributed by atoms with van der Waals surface area (Å²) in [5, 5.41) is 0. The summed E-state index contributed by atoms with van der Waals surface area (Å²) in [6.07, 6.45) is 11.2. The molecule has 5 rings (SSSR count). The number of fused-ring (bicyclic) bond motifs is 1. The van der Waals surface area contributed by atoms with E-state index in [0.717, 1.165) is 24.8 Å². The molecule has 3 aliphatic rings. The second-order valence-electron chi connectivity index (χ2n) is 11.8. The maximum atomic E-state index is 13.2. The zero-order chi connectivity index (χ0) is 29.7. The van der Waals surface area contributed by atoms with Gasteiger partial charge in [0.25, 0.3) is 0 Å². The molecule has 1 aromatic carbocycles. The lowest BCUT2D eigenvalue weighted by atomic mass is 9.46. The molecule has 2 fully saturated rings. The van der Waals surface area contributed by atoms with Gasteiger partial charge in [0.2, 0.25) is 0 Å². The number of cyclic esters (lactones) is 1. The smallest absolute Gasteiger partial charge is 0.344 e. The third kappa shape index (κ3) is 6.03. The SMILES string of the molecule is C=C1CC[C@@H]2[C@](C)(COC(=O)COc3ccccc3)[C@H](OC(=O)c3cccnc3)CC[C@@]2(C)[C@@H]1/C=C/C1=CCOC1=O. The van der Waals surface area contributed by atoms with E-state index in [0.29, 0.717) is 23.3 Å². The molecule has 0 bridgehead atoms. The number of carbonyl (C=O) groups is 3. The third-order valence-electron chi connectivity index (χ3n) is 9.19. The number of hydrogen-bond donors (Lipinski definition) is 0. The highest BCUT2D eigenvalue weighted by molar-refractivity contribution is 5.93. The van der Waals surface area contributed by atoms with Crippen LogP contribution in [-0.4, -0.2) is 48.8 Å². The van der Waals surface area contributed by atoms with E-state index in [9.17, 15) is 14.4 Å². The first-order valence-electron chi connectivity index (χ1n) is 14.4. The van der Waals surface area contributed by atoms with E-state index >= 15 is 0 Å². The first kappa shape index (κ1) is 29.3. The Morgan fingerprint density at radius 1 is 1.14 bits per heavy atom. The Hall–Kier alpha value is -4.20. The van der Waals surface area contributed by atoms with Crippen molar-refractivity contribution in [3.63, 3.8) is 0 Å². The first-order chi connectivity index (χ1) is 20.2. The van der Waals surface area contributed by atoms with Gasteiger partial charge < -0.3 is 18.9 Å². The van der Waals surface area contributed by atoms with E-state index in [2.05, 4.69) is 24.6 Å². The van der Waals surface area contributed by atoms with Crippen LogP contribution in [0.2, 0.25) is 0 Å². The molecular weight excluding hydrogens is 534 g/mol. The molecule has 0 saturated heterocycles. The van der Waals surface area contributed by atoms with Crippen molar-refractivity contribution < 1.29 is 33.3 Å². The van der Waals surface area contributed by atoms with E-state index in [-0.39, 0.29) is 43.0 Å².